The molecular weight excluding hydrogens is 192 g/mol. The number of nitrogens with two attached hydrogens (primary N) is 1. The second-order valence-corrected chi connectivity index (χ2v) is 3.20. The zero-order chi connectivity index (χ0) is 10.7. The Bertz CT molecular complexity index is 451. The van der Waals surface area contributed by atoms with Crippen LogP contribution in [0.5, 0.6) is 0 Å². The summed E-state index contributed by atoms with van der Waals surface area (Å²) in [6, 6.07) is 9.56. The second-order valence-electron chi connectivity index (χ2n) is 3.20. The number of nitrogen functional groups attached to an aromatic ring is 1. The summed E-state index contributed by atoms with van der Waals surface area (Å²) < 4.78 is 9.95. The molecule has 2 N–H and O–H groups in total. The van der Waals surface area contributed by atoms with E-state index in [1.807, 2.05) is 24.3 Å². The lowest BCUT2D eigenvalue weighted by Crippen LogP contribution is -1.91. The highest BCUT2D eigenvalue weighted by atomic mass is 16.5. The van der Waals surface area contributed by atoms with Gasteiger partial charge in [-0.3, -0.25) is 0 Å². The van der Waals surface area contributed by atoms with E-state index in [9.17, 15) is 0 Å². The largest absolute Gasteiger partial charge is 0.380 e. The Morgan fingerprint density at radius 2 is 2.20 bits per heavy atom. The van der Waals surface area contributed by atoms with Gasteiger partial charge in [0.1, 0.15) is 5.69 Å². The van der Waals surface area contributed by atoms with Crippen LogP contribution in [0.25, 0.3) is 11.3 Å². The number of rotatable bonds is 3. The van der Waals surface area contributed by atoms with Crippen LogP contribution in [0.4, 0.5) is 5.88 Å². The van der Waals surface area contributed by atoms with E-state index in [4.69, 9.17) is 15.0 Å². The Kier molecular flexibility index (Phi) is 2.69. The van der Waals surface area contributed by atoms with Crippen molar-refractivity contribution in [2.45, 2.75) is 6.61 Å². The molecule has 0 unspecified atom stereocenters. The van der Waals surface area contributed by atoms with Crippen molar-refractivity contribution in [1.82, 2.24) is 5.16 Å². The SMILES string of the molecule is COCc1ccccc1-c1cc(N)on1. The number of hydrogen-bond acceptors (Lipinski definition) is 4. The molecule has 0 saturated heterocycles. The van der Waals surface area contributed by atoms with Gasteiger partial charge in [-0.1, -0.05) is 29.4 Å². The number of hydrogen-bond donors (Lipinski definition) is 1. The summed E-state index contributed by atoms with van der Waals surface area (Å²) in [5, 5.41) is 3.87. The number of anilines is 1. The smallest absolute Gasteiger partial charge is 0.222 e. The van der Waals surface area contributed by atoms with E-state index in [0.717, 1.165) is 16.8 Å². The van der Waals surface area contributed by atoms with Gasteiger partial charge in [0.25, 0.3) is 0 Å². The first-order chi connectivity index (χ1) is 7.31. The van der Waals surface area contributed by atoms with Crippen LogP contribution >= 0.6 is 0 Å². The molecule has 1 aromatic heterocycles. The van der Waals surface area contributed by atoms with Crippen LogP contribution in [0.3, 0.4) is 0 Å². The van der Waals surface area contributed by atoms with Crippen LogP contribution in [-0.2, 0) is 11.3 Å². The van der Waals surface area contributed by atoms with Crippen molar-refractivity contribution in [1.29, 1.82) is 0 Å². The van der Waals surface area contributed by atoms with Crippen molar-refractivity contribution in [3.05, 3.63) is 35.9 Å². The number of ether oxygens (including phenoxy) is 1. The molecule has 0 atom stereocenters. The third-order valence-electron chi connectivity index (χ3n) is 2.12. The molecule has 0 spiro atoms. The quantitative estimate of drug-likeness (QED) is 0.831. The zero-order valence-electron chi connectivity index (χ0n) is 8.43. The van der Waals surface area contributed by atoms with Gasteiger partial charge in [-0.25, -0.2) is 0 Å². The lowest BCUT2D eigenvalue weighted by atomic mass is 10.1. The molecule has 0 bridgehead atoms. The van der Waals surface area contributed by atoms with Gasteiger partial charge in [0.05, 0.1) is 6.61 Å². The number of methoxy groups -OCH3 is 1. The van der Waals surface area contributed by atoms with Gasteiger partial charge in [-0.05, 0) is 5.56 Å². The monoisotopic (exact) mass is 204 g/mol. The Balaban J connectivity index is 2.42. The van der Waals surface area contributed by atoms with Crippen molar-refractivity contribution in [2.24, 2.45) is 0 Å². The summed E-state index contributed by atoms with van der Waals surface area (Å²) in [5.74, 6) is 0.317. The van der Waals surface area contributed by atoms with E-state index in [-0.39, 0.29) is 0 Å². The highest BCUT2D eigenvalue weighted by Gasteiger charge is 2.08. The third-order valence-corrected chi connectivity index (χ3v) is 2.12. The standard InChI is InChI=1S/C11H12N2O2/c1-14-7-8-4-2-3-5-9(8)10-6-11(12)15-13-10/h2-6H,7,12H2,1H3. The van der Waals surface area contributed by atoms with Crippen LogP contribution < -0.4 is 5.73 Å². The van der Waals surface area contributed by atoms with E-state index < -0.39 is 0 Å². The van der Waals surface area contributed by atoms with Crippen LogP contribution in [0.1, 0.15) is 5.56 Å². The minimum Gasteiger partial charge on any atom is -0.380 e. The Morgan fingerprint density at radius 1 is 1.40 bits per heavy atom. The first-order valence-corrected chi connectivity index (χ1v) is 4.60. The van der Waals surface area contributed by atoms with Crippen molar-refractivity contribution < 1.29 is 9.26 Å². The minimum atomic E-state index is 0.317. The highest BCUT2D eigenvalue weighted by Crippen LogP contribution is 2.24. The molecule has 2 aromatic rings. The molecule has 15 heavy (non-hydrogen) atoms. The predicted molar refractivity (Wildman–Crippen MR) is 57.1 cm³/mol. The molecule has 1 heterocycles. The molecular formula is C11H12N2O2. The Morgan fingerprint density at radius 3 is 2.87 bits per heavy atom. The maximum Gasteiger partial charge on any atom is 0.222 e. The third kappa shape index (κ3) is 1.99. The Labute approximate surface area is 87.6 Å². The van der Waals surface area contributed by atoms with Crippen molar-refractivity contribution in [3.63, 3.8) is 0 Å². The fourth-order valence-electron chi connectivity index (χ4n) is 1.47. The van der Waals surface area contributed by atoms with Crippen LogP contribution in [-0.4, -0.2) is 12.3 Å². The van der Waals surface area contributed by atoms with Crippen LogP contribution in [0, 0.1) is 0 Å². The van der Waals surface area contributed by atoms with E-state index in [0.29, 0.717) is 12.5 Å². The molecule has 0 aliphatic heterocycles. The topological polar surface area (TPSA) is 61.3 Å². The summed E-state index contributed by atoms with van der Waals surface area (Å²) in [6.45, 7) is 0.545. The first-order valence-electron chi connectivity index (χ1n) is 4.60. The molecule has 4 heteroatoms. The predicted octanol–water partition coefficient (Wildman–Crippen LogP) is 2.07. The van der Waals surface area contributed by atoms with Crippen molar-refractivity contribution in [2.75, 3.05) is 12.8 Å². The summed E-state index contributed by atoms with van der Waals surface area (Å²) >= 11 is 0. The molecule has 0 amide bonds. The molecule has 0 aliphatic rings. The average molecular weight is 204 g/mol. The number of aromatic nitrogens is 1. The molecule has 78 valence electrons. The van der Waals surface area contributed by atoms with Gasteiger partial charge >= 0.3 is 0 Å². The van der Waals surface area contributed by atoms with Crippen LogP contribution in [0.15, 0.2) is 34.9 Å². The fourth-order valence-corrected chi connectivity index (χ4v) is 1.47. The van der Waals surface area contributed by atoms with Crippen LogP contribution in [0.2, 0.25) is 0 Å². The lowest BCUT2D eigenvalue weighted by molar-refractivity contribution is 0.185. The summed E-state index contributed by atoms with van der Waals surface area (Å²) in [4.78, 5) is 0. The molecule has 0 radical (unpaired) electrons. The normalized spacial score (nSPS) is 10.5. The van der Waals surface area contributed by atoms with Crippen molar-refractivity contribution >= 4 is 5.88 Å². The van der Waals surface area contributed by atoms with E-state index in [2.05, 4.69) is 5.16 Å². The first kappa shape index (κ1) is 9.73. The lowest BCUT2D eigenvalue weighted by Gasteiger charge is -2.04. The van der Waals surface area contributed by atoms with Gasteiger partial charge < -0.3 is 15.0 Å². The summed E-state index contributed by atoms with van der Waals surface area (Å²) in [6.07, 6.45) is 0. The number of benzene rings is 1. The summed E-state index contributed by atoms with van der Waals surface area (Å²) in [7, 11) is 1.66. The van der Waals surface area contributed by atoms with Gasteiger partial charge in [-0.2, -0.15) is 0 Å². The van der Waals surface area contributed by atoms with Gasteiger partial charge in [0.2, 0.25) is 5.88 Å². The average Bonchev–Trinajstić information content (AvgIpc) is 2.66. The minimum absolute atomic E-state index is 0.317. The van der Waals surface area contributed by atoms with E-state index >= 15 is 0 Å². The molecule has 0 aliphatic carbocycles. The van der Waals surface area contributed by atoms with E-state index in [1.54, 1.807) is 13.2 Å². The molecule has 1 aromatic carbocycles. The zero-order valence-corrected chi connectivity index (χ0v) is 8.43. The summed E-state index contributed by atoms with van der Waals surface area (Å²) in [5.41, 5.74) is 8.26. The molecule has 0 fully saturated rings. The van der Waals surface area contributed by atoms with Gasteiger partial charge in [-0.15, -0.1) is 0 Å². The second kappa shape index (κ2) is 4.14. The van der Waals surface area contributed by atoms with Crippen molar-refractivity contribution in [3.8, 4) is 11.3 Å². The number of nitrogens with zero attached hydrogens (tertiary/aromatic N) is 1. The molecule has 4 nitrogen and oxygen atoms in total. The maximum atomic E-state index is 5.48. The molecule has 0 saturated carbocycles. The highest BCUT2D eigenvalue weighted by molar-refractivity contribution is 5.64. The maximum absolute atomic E-state index is 5.48. The van der Waals surface area contributed by atoms with E-state index in [1.165, 1.54) is 0 Å². The van der Waals surface area contributed by atoms with Gasteiger partial charge in [0.15, 0.2) is 0 Å². The molecule has 2 rings (SSSR count). The fraction of sp³-hybridized carbons (Fsp3) is 0.182. The van der Waals surface area contributed by atoms with Gasteiger partial charge in [0, 0.05) is 18.7 Å². The Hall–Kier alpha value is -1.81.